The number of rotatable bonds is 8. The van der Waals surface area contributed by atoms with E-state index in [2.05, 4.69) is 33.9 Å². The lowest BCUT2D eigenvalue weighted by molar-refractivity contribution is 0.0615. The molecule has 0 radical (unpaired) electrons. The highest BCUT2D eigenvalue weighted by molar-refractivity contribution is 7.13. The van der Waals surface area contributed by atoms with Crippen molar-refractivity contribution in [2.45, 2.75) is 26.3 Å². The molecule has 0 bridgehead atoms. The third-order valence-electron chi connectivity index (χ3n) is 5.63. The summed E-state index contributed by atoms with van der Waals surface area (Å²) in [4.78, 5) is 24.8. The summed E-state index contributed by atoms with van der Waals surface area (Å²) in [5, 5.41) is 6.07. The van der Waals surface area contributed by atoms with Crippen LogP contribution in [0.15, 0.2) is 46.3 Å². The first-order valence-electron chi connectivity index (χ1n) is 10.8. The van der Waals surface area contributed by atoms with Gasteiger partial charge in [-0.3, -0.25) is 9.69 Å². The molecule has 8 heteroatoms. The van der Waals surface area contributed by atoms with E-state index in [-0.39, 0.29) is 5.91 Å². The summed E-state index contributed by atoms with van der Waals surface area (Å²) in [5.74, 6) is 1.36. The van der Waals surface area contributed by atoms with Crippen LogP contribution >= 0.6 is 11.3 Å². The number of thiophene rings is 1. The van der Waals surface area contributed by atoms with Gasteiger partial charge in [0.05, 0.1) is 11.4 Å². The first kappa shape index (κ1) is 21.5. The van der Waals surface area contributed by atoms with Gasteiger partial charge in [-0.2, -0.15) is 4.98 Å². The summed E-state index contributed by atoms with van der Waals surface area (Å²) < 4.78 is 5.41. The average molecular weight is 440 g/mol. The van der Waals surface area contributed by atoms with E-state index in [9.17, 15) is 4.79 Å². The molecule has 1 aliphatic heterocycles. The molecule has 1 aliphatic rings. The second-order valence-corrected chi connectivity index (χ2v) is 8.83. The number of hydrogen-bond acceptors (Lipinski definition) is 7. The van der Waals surface area contributed by atoms with Gasteiger partial charge >= 0.3 is 0 Å². The maximum Gasteiger partial charge on any atom is 0.253 e. The monoisotopic (exact) mass is 439 g/mol. The Balaban J connectivity index is 1.28. The third kappa shape index (κ3) is 5.32. The van der Waals surface area contributed by atoms with E-state index in [4.69, 9.17) is 4.52 Å². The highest BCUT2D eigenvalue weighted by Gasteiger charge is 2.23. The lowest BCUT2D eigenvalue weighted by atomic mass is 10.1. The molecule has 0 spiro atoms. The van der Waals surface area contributed by atoms with E-state index >= 15 is 0 Å². The van der Waals surface area contributed by atoms with Gasteiger partial charge in [-0.15, -0.1) is 11.3 Å². The molecule has 164 valence electrons. The topological polar surface area (TPSA) is 65.7 Å². The minimum Gasteiger partial charge on any atom is -0.375 e. The zero-order valence-corrected chi connectivity index (χ0v) is 19.0. The second-order valence-electron chi connectivity index (χ2n) is 7.88. The number of nitrogens with zero attached hydrogens (tertiary/aromatic N) is 5. The Morgan fingerprint density at radius 3 is 2.61 bits per heavy atom. The summed E-state index contributed by atoms with van der Waals surface area (Å²) in [7, 11) is 2.10. The van der Waals surface area contributed by atoms with Gasteiger partial charge in [-0.25, -0.2) is 0 Å². The zero-order valence-electron chi connectivity index (χ0n) is 18.2. The molecule has 0 atom stereocenters. The lowest BCUT2D eigenvalue weighted by Crippen LogP contribution is -2.48. The Hall–Kier alpha value is -2.71. The van der Waals surface area contributed by atoms with Crippen LogP contribution in [0.2, 0.25) is 0 Å². The Morgan fingerprint density at radius 1 is 1.16 bits per heavy atom. The quantitative estimate of drug-likeness (QED) is 0.529. The summed E-state index contributed by atoms with van der Waals surface area (Å²) in [6.07, 6.45) is 2.34. The van der Waals surface area contributed by atoms with Crippen LogP contribution in [-0.4, -0.2) is 65.6 Å². The van der Waals surface area contributed by atoms with Crippen LogP contribution in [0.5, 0.6) is 0 Å². The van der Waals surface area contributed by atoms with Gasteiger partial charge < -0.3 is 14.3 Å². The fourth-order valence-corrected chi connectivity index (χ4v) is 4.34. The van der Waals surface area contributed by atoms with Crippen LogP contribution < -0.4 is 4.90 Å². The number of anilines is 1. The number of piperazine rings is 1. The summed E-state index contributed by atoms with van der Waals surface area (Å²) >= 11 is 1.60. The van der Waals surface area contributed by atoms with Crippen LogP contribution in [0, 0.1) is 0 Å². The highest BCUT2D eigenvalue weighted by Crippen LogP contribution is 2.22. The average Bonchev–Trinajstić information content (AvgIpc) is 3.50. The van der Waals surface area contributed by atoms with Crippen LogP contribution in [0.1, 0.15) is 36.0 Å². The van der Waals surface area contributed by atoms with E-state index in [1.54, 1.807) is 11.3 Å². The molecule has 1 fully saturated rings. The molecule has 1 amide bonds. The van der Waals surface area contributed by atoms with Crippen molar-refractivity contribution in [2.75, 3.05) is 44.7 Å². The maximum absolute atomic E-state index is 12.9. The molecule has 1 saturated heterocycles. The number of hydrogen-bond donors (Lipinski definition) is 0. The highest BCUT2D eigenvalue weighted by atomic mass is 32.1. The number of carbonyl (C=O) groups is 1. The van der Waals surface area contributed by atoms with Gasteiger partial charge in [-0.05, 0) is 42.1 Å². The number of amides is 1. The summed E-state index contributed by atoms with van der Waals surface area (Å²) in [6, 6.07) is 11.9. The predicted octanol–water partition coefficient (Wildman–Crippen LogP) is 3.99. The molecule has 31 heavy (non-hydrogen) atoms. The smallest absolute Gasteiger partial charge is 0.253 e. The second kappa shape index (κ2) is 10.1. The SMILES string of the molecule is CCCCN(C)c1ccc(C(=O)N2CCN(Cc3nc(-c4cccs4)no3)CC2)cc1. The minimum absolute atomic E-state index is 0.0974. The molecule has 0 N–H and O–H groups in total. The molecule has 7 nitrogen and oxygen atoms in total. The first-order valence-corrected chi connectivity index (χ1v) is 11.7. The molecule has 2 aromatic heterocycles. The Morgan fingerprint density at radius 2 is 1.94 bits per heavy atom. The van der Waals surface area contributed by atoms with E-state index in [0.717, 1.165) is 35.8 Å². The van der Waals surface area contributed by atoms with Crippen molar-refractivity contribution in [3.63, 3.8) is 0 Å². The fourth-order valence-electron chi connectivity index (χ4n) is 3.69. The fraction of sp³-hybridized carbons (Fsp3) is 0.435. The van der Waals surface area contributed by atoms with Gasteiger partial charge in [-0.1, -0.05) is 24.6 Å². The Bertz CT molecular complexity index is 962. The van der Waals surface area contributed by atoms with Gasteiger partial charge in [0.25, 0.3) is 5.91 Å². The van der Waals surface area contributed by atoms with Crippen LogP contribution in [0.3, 0.4) is 0 Å². The third-order valence-corrected chi connectivity index (χ3v) is 6.50. The van der Waals surface area contributed by atoms with Crippen LogP contribution in [0.4, 0.5) is 5.69 Å². The van der Waals surface area contributed by atoms with Crippen molar-refractivity contribution in [3.05, 3.63) is 53.2 Å². The van der Waals surface area contributed by atoms with Crippen molar-refractivity contribution in [1.82, 2.24) is 19.9 Å². The van der Waals surface area contributed by atoms with E-state index in [0.29, 0.717) is 31.3 Å². The van der Waals surface area contributed by atoms with Crippen LogP contribution in [-0.2, 0) is 6.54 Å². The molecule has 0 saturated carbocycles. The largest absolute Gasteiger partial charge is 0.375 e. The van der Waals surface area contributed by atoms with Crippen molar-refractivity contribution in [1.29, 1.82) is 0 Å². The number of carbonyl (C=O) groups excluding carboxylic acids is 1. The lowest BCUT2D eigenvalue weighted by Gasteiger charge is -2.34. The Labute approximate surface area is 187 Å². The zero-order chi connectivity index (χ0) is 21.6. The van der Waals surface area contributed by atoms with E-state index < -0.39 is 0 Å². The first-order chi connectivity index (χ1) is 15.1. The molecule has 1 aromatic carbocycles. The molecule has 0 unspecified atom stereocenters. The van der Waals surface area contributed by atoms with Gasteiger partial charge in [0.15, 0.2) is 0 Å². The molecule has 3 heterocycles. The number of benzene rings is 1. The maximum atomic E-state index is 12.9. The van der Waals surface area contributed by atoms with Crippen molar-refractivity contribution in [2.24, 2.45) is 0 Å². The molecule has 3 aromatic rings. The summed E-state index contributed by atoms with van der Waals surface area (Å²) in [5.41, 5.74) is 1.90. The Kier molecular flexibility index (Phi) is 6.99. The van der Waals surface area contributed by atoms with E-state index in [1.165, 1.54) is 12.8 Å². The number of aromatic nitrogens is 2. The predicted molar refractivity (Wildman–Crippen MR) is 123 cm³/mol. The standard InChI is InChI=1S/C23H29N5O2S/c1-3-4-11-26(2)19-9-7-18(8-10-19)23(29)28-14-12-27(13-15-28)17-21-24-22(25-30-21)20-6-5-16-31-20/h5-10,16H,3-4,11-15,17H2,1-2H3. The van der Waals surface area contributed by atoms with Crippen molar-refractivity contribution >= 4 is 22.9 Å². The van der Waals surface area contributed by atoms with Gasteiger partial charge in [0, 0.05) is 51.0 Å². The van der Waals surface area contributed by atoms with E-state index in [1.807, 2.05) is 46.7 Å². The molecule has 4 rings (SSSR count). The minimum atomic E-state index is 0.0974. The van der Waals surface area contributed by atoms with Crippen molar-refractivity contribution < 1.29 is 9.32 Å². The number of unbranched alkanes of at least 4 members (excludes halogenated alkanes) is 1. The summed E-state index contributed by atoms with van der Waals surface area (Å²) in [6.45, 7) is 6.81. The van der Waals surface area contributed by atoms with Gasteiger partial charge in [0.1, 0.15) is 0 Å². The van der Waals surface area contributed by atoms with Crippen LogP contribution in [0.25, 0.3) is 10.7 Å². The molecular weight excluding hydrogens is 410 g/mol. The van der Waals surface area contributed by atoms with Gasteiger partial charge in [0.2, 0.25) is 11.7 Å². The van der Waals surface area contributed by atoms with Crippen molar-refractivity contribution in [3.8, 4) is 10.7 Å². The normalized spacial score (nSPS) is 14.7. The molecular formula is C23H29N5O2S. The molecule has 0 aliphatic carbocycles.